The molecular formula is C23H23Br3IN2O6-. The Kier molecular flexibility index (Phi) is 7.42. The SMILES string of the molecule is CC(=O)Nc1c(Br)c(C[I-](C)(C)C(C)=O)c(Br)c(C(=O)ON2C(=O)C3C4C=CC(C4)C3C2=O)c1Br. The first kappa shape index (κ1) is 26.9. The molecule has 3 aliphatic rings. The van der Waals surface area contributed by atoms with E-state index >= 15 is 0 Å². The Morgan fingerprint density at radius 3 is 2.03 bits per heavy atom. The van der Waals surface area contributed by atoms with Crippen LogP contribution in [0.4, 0.5) is 5.69 Å². The fraction of sp³-hybridized carbons (Fsp3) is 0.435. The van der Waals surface area contributed by atoms with Crippen LogP contribution in [-0.2, 0) is 28.4 Å². The predicted octanol–water partition coefficient (Wildman–Crippen LogP) is 1.28. The van der Waals surface area contributed by atoms with Crippen molar-refractivity contribution in [2.45, 2.75) is 24.7 Å². The molecule has 190 valence electrons. The van der Waals surface area contributed by atoms with Gasteiger partial charge in [-0.15, -0.1) is 0 Å². The molecule has 0 spiro atoms. The van der Waals surface area contributed by atoms with Crippen LogP contribution in [0.15, 0.2) is 25.6 Å². The summed E-state index contributed by atoms with van der Waals surface area (Å²) in [5.74, 6) is -3.37. The van der Waals surface area contributed by atoms with Gasteiger partial charge < -0.3 is 0 Å². The van der Waals surface area contributed by atoms with Gasteiger partial charge in [-0.05, 0) is 0 Å². The average Bonchev–Trinajstić information content (AvgIpc) is 3.44. The molecule has 2 bridgehead atoms. The molecule has 0 radical (unpaired) electrons. The molecule has 1 N–H and O–H groups in total. The standard InChI is InChI=1S/C23H23Br3IN2O6/c1-9(30)27(3,4)8-13-17(24)16(19(26)20(18(13)25)28-10(2)31)23(34)35-29-21(32)14-11-5-6-12(7-11)15(14)22(29)33/h5-6,11-12,14-15H,7-8H2,1-4H3,(H,28,31)/q-1. The number of imide groups is 1. The van der Waals surface area contributed by atoms with Crippen LogP contribution in [0.2, 0.25) is 0 Å². The number of carbonyl (C=O) groups excluding carboxylic acids is 5. The summed E-state index contributed by atoms with van der Waals surface area (Å²) in [6.45, 7) is 2.89. The van der Waals surface area contributed by atoms with Gasteiger partial charge in [-0.1, -0.05) is 0 Å². The fourth-order valence-electron chi connectivity index (χ4n) is 4.82. The molecule has 1 saturated carbocycles. The van der Waals surface area contributed by atoms with Gasteiger partial charge in [-0.2, -0.15) is 0 Å². The third kappa shape index (κ3) is 4.56. The van der Waals surface area contributed by atoms with E-state index in [1.54, 1.807) is 6.92 Å². The molecule has 4 unspecified atom stereocenters. The summed E-state index contributed by atoms with van der Waals surface area (Å²) in [4.78, 5) is 72.9. The first-order valence-corrected chi connectivity index (χ1v) is 19.9. The number of alkyl halides is 3. The zero-order valence-electron chi connectivity index (χ0n) is 19.3. The number of fused-ring (bicyclic) bond motifs is 5. The molecule has 1 heterocycles. The second kappa shape index (κ2) is 9.64. The zero-order valence-corrected chi connectivity index (χ0v) is 26.2. The molecule has 1 saturated heterocycles. The summed E-state index contributed by atoms with van der Waals surface area (Å²) in [7, 11) is 0. The van der Waals surface area contributed by atoms with Gasteiger partial charge in [0, 0.05) is 0 Å². The molecular weight excluding hydrogens is 767 g/mol. The average molecular weight is 790 g/mol. The van der Waals surface area contributed by atoms with Gasteiger partial charge >= 0.3 is 234 Å². The number of benzene rings is 1. The van der Waals surface area contributed by atoms with Gasteiger partial charge in [0.2, 0.25) is 0 Å². The van der Waals surface area contributed by atoms with Crippen LogP contribution in [0, 0.1) is 23.7 Å². The molecule has 4 rings (SSSR count). The number of hydrogen-bond acceptors (Lipinski definition) is 6. The monoisotopic (exact) mass is 787 g/mol. The number of carbonyl (C=O) groups is 5. The molecule has 2 fully saturated rings. The normalized spacial score (nSPS) is 25.2. The van der Waals surface area contributed by atoms with E-state index in [2.05, 4.69) is 53.1 Å². The maximum atomic E-state index is 13.4. The first-order valence-electron chi connectivity index (χ1n) is 10.6. The van der Waals surface area contributed by atoms with Crippen LogP contribution in [-0.4, -0.2) is 42.4 Å². The van der Waals surface area contributed by atoms with Gasteiger partial charge in [-0.25, -0.2) is 0 Å². The molecule has 1 aromatic rings. The topological polar surface area (TPSA) is 110 Å². The third-order valence-electron chi connectivity index (χ3n) is 6.71. The van der Waals surface area contributed by atoms with Crippen LogP contribution in [0.25, 0.3) is 0 Å². The first-order chi connectivity index (χ1) is 16.3. The molecule has 1 aliphatic heterocycles. The van der Waals surface area contributed by atoms with Gasteiger partial charge in [0.1, 0.15) is 0 Å². The molecule has 3 amide bonds. The van der Waals surface area contributed by atoms with E-state index in [4.69, 9.17) is 4.84 Å². The zero-order chi connectivity index (χ0) is 26.0. The van der Waals surface area contributed by atoms with Crippen LogP contribution in [0.5, 0.6) is 0 Å². The number of anilines is 1. The Morgan fingerprint density at radius 1 is 1.00 bits per heavy atom. The molecule has 4 atom stereocenters. The van der Waals surface area contributed by atoms with Gasteiger partial charge in [0.15, 0.2) is 0 Å². The van der Waals surface area contributed by atoms with Crippen molar-refractivity contribution in [3.63, 3.8) is 0 Å². The number of amides is 3. The Labute approximate surface area is 231 Å². The van der Waals surface area contributed by atoms with Gasteiger partial charge in [-0.3, -0.25) is 0 Å². The number of halogens is 4. The summed E-state index contributed by atoms with van der Waals surface area (Å²) in [6.07, 6.45) is 4.68. The van der Waals surface area contributed by atoms with Crippen molar-refractivity contribution in [1.82, 2.24) is 5.06 Å². The third-order valence-corrected chi connectivity index (χ3v) is 16.0. The number of hydroxylamine groups is 2. The molecule has 1 aromatic carbocycles. The van der Waals surface area contributed by atoms with E-state index in [9.17, 15) is 24.0 Å². The molecule has 8 nitrogen and oxygen atoms in total. The van der Waals surface area contributed by atoms with Gasteiger partial charge in [0.25, 0.3) is 0 Å². The van der Waals surface area contributed by atoms with Crippen molar-refractivity contribution in [1.29, 1.82) is 0 Å². The number of nitrogens with one attached hydrogen (secondary N) is 1. The quantitative estimate of drug-likeness (QED) is 0.153. The van der Waals surface area contributed by atoms with E-state index in [1.165, 1.54) is 6.92 Å². The van der Waals surface area contributed by atoms with Crippen molar-refractivity contribution in [3.05, 3.63) is 36.7 Å². The van der Waals surface area contributed by atoms with Crippen molar-refractivity contribution in [3.8, 4) is 0 Å². The predicted molar refractivity (Wildman–Crippen MR) is 135 cm³/mol. The second-order valence-corrected chi connectivity index (χ2v) is 22.0. The Bertz CT molecular complexity index is 1200. The van der Waals surface area contributed by atoms with Crippen molar-refractivity contribution in [2.75, 3.05) is 15.2 Å². The minimum atomic E-state index is -2.89. The van der Waals surface area contributed by atoms with Crippen LogP contribution < -0.4 is 23.8 Å². The van der Waals surface area contributed by atoms with Crippen LogP contribution in [0.1, 0.15) is 36.2 Å². The number of nitrogens with zero attached hydrogens (tertiary/aromatic N) is 1. The van der Waals surface area contributed by atoms with Crippen LogP contribution in [0.3, 0.4) is 0 Å². The van der Waals surface area contributed by atoms with E-state index in [-0.39, 0.29) is 31.6 Å². The van der Waals surface area contributed by atoms with Gasteiger partial charge in [0.05, 0.1) is 0 Å². The van der Waals surface area contributed by atoms with Crippen molar-refractivity contribution < 1.29 is 47.2 Å². The number of hydrogen-bond donors (Lipinski definition) is 1. The van der Waals surface area contributed by atoms with E-state index in [0.29, 0.717) is 29.7 Å². The number of rotatable bonds is 6. The summed E-state index contributed by atoms with van der Waals surface area (Å²) in [5.41, 5.74) is 0.922. The van der Waals surface area contributed by atoms with E-state index in [0.717, 1.165) is 6.42 Å². The van der Waals surface area contributed by atoms with Crippen LogP contribution >= 0.6 is 47.8 Å². The Balaban J connectivity index is 1.73. The molecule has 35 heavy (non-hydrogen) atoms. The van der Waals surface area contributed by atoms with E-state index in [1.807, 2.05) is 22.0 Å². The second-order valence-electron chi connectivity index (χ2n) is 9.23. The summed E-state index contributed by atoms with van der Waals surface area (Å²) < 4.78 is 1.62. The maximum absolute atomic E-state index is 13.4. The van der Waals surface area contributed by atoms with E-state index < -0.39 is 48.1 Å². The molecule has 12 heteroatoms. The number of allylic oxidation sites excluding steroid dienone is 2. The molecule has 0 aromatic heterocycles. The summed E-state index contributed by atoms with van der Waals surface area (Å²) >= 11 is 7.51. The minimum absolute atomic E-state index is 0.00571. The summed E-state index contributed by atoms with van der Waals surface area (Å²) in [5, 5.41) is 3.30. The fourth-order valence-corrected chi connectivity index (χ4v) is 11.9. The van der Waals surface area contributed by atoms with Crippen molar-refractivity contribution >= 4 is 81.0 Å². The van der Waals surface area contributed by atoms with Crippen molar-refractivity contribution in [2.24, 2.45) is 23.7 Å². The Morgan fingerprint density at radius 2 is 1.54 bits per heavy atom. The molecule has 2 aliphatic carbocycles. The summed E-state index contributed by atoms with van der Waals surface area (Å²) in [6, 6.07) is 0. The Hall–Kier alpha value is -1.12.